The van der Waals surface area contributed by atoms with Gasteiger partial charge in [-0.05, 0) is 61.3 Å². The highest BCUT2D eigenvalue weighted by atomic mass is 16.7. The van der Waals surface area contributed by atoms with Crippen LogP contribution < -0.4 is 5.32 Å². The minimum absolute atomic E-state index is 0.0172. The van der Waals surface area contributed by atoms with Gasteiger partial charge in [0, 0.05) is 36.1 Å². The van der Waals surface area contributed by atoms with Crippen LogP contribution in [0.1, 0.15) is 137 Å². The molecule has 2 aromatic carbocycles. The van der Waals surface area contributed by atoms with E-state index in [0.717, 1.165) is 36.3 Å². The van der Waals surface area contributed by atoms with E-state index in [2.05, 4.69) is 48.1 Å². The number of carbonyl (C=O) groups excluding carboxylic acids is 1. The Morgan fingerprint density at radius 1 is 0.792 bits per heavy atom. The van der Waals surface area contributed by atoms with Crippen LogP contribution in [-0.2, 0) is 16.1 Å². The fraction of sp³-hybridized carbons (Fsp3) is 0.561. The van der Waals surface area contributed by atoms with Crippen LogP contribution in [0.5, 0.6) is 0 Å². The molecule has 0 unspecified atom stereocenters. The van der Waals surface area contributed by atoms with E-state index in [-0.39, 0.29) is 30.6 Å². The second-order valence-electron chi connectivity index (χ2n) is 13.5. The van der Waals surface area contributed by atoms with E-state index in [1.807, 2.05) is 36.4 Å². The Balaban J connectivity index is 1.48. The Kier molecular flexibility index (Phi) is 16.6. The molecule has 262 valence electrons. The molecule has 48 heavy (non-hydrogen) atoms. The first kappa shape index (κ1) is 37.7. The molecule has 1 aliphatic rings. The van der Waals surface area contributed by atoms with E-state index in [0.29, 0.717) is 11.3 Å². The second kappa shape index (κ2) is 21.1. The zero-order valence-corrected chi connectivity index (χ0v) is 29.6. The third kappa shape index (κ3) is 12.1. The predicted molar refractivity (Wildman–Crippen MR) is 195 cm³/mol. The van der Waals surface area contributed by atoms with Crippen molar-refractivity contribution in [2.45, 2.75) is 123 Å². The largest absolute Gasteiger partial charge is 0.392 e. The van der Waals surface area contributed by atoms with Crippen molar-refractivity contribution >= 4 is 11.6 Å². The van der Waals surface area contributed by atoms with E-state index in [9.17, 15) is 9.90 Å². The fourth-order valence-electron chi connectivity index (χ4n) is 6.53. The van der Waals surface area contributed by atoms with Crippen LogP contribution in [0.25, 0.3) is 0 Å². The molecule has 1 saturated heterocycles. The van der Waals surface area contributed by atoms with Crippen molar-refractivity contribution in [1.29, 1.82) is 0 Å². The Hall–Kier alpha value is -3.10. The van der Waals surface area contributed by atoms with Crippen LogP contribution >= 0.6 is 0 Å². The highest BCUT2D eigenvalue weighted by Crippen LogP contribution is 2.42. The van der Waals surface area contributed by atoms with Gasteiger partial charge in [0.1, 0.15) is 0 Å². The Labute approximate surface area is 289 Å². The molecular weight excluding hydrogens is 598 g/mol. The maximum atomic E-state index is 12.7. The van der Waals surface area contributed by atoms with Gasteiger partial charge in [-0.25, -0.2) is 0 Å². The number of ether oxygens (including phenoxy) is 2. The number of nitrogens with zero attached hydrogens (tertiary/aromatic N) is 2. The summed E-state index contributed by atoms with van der Waals surface area (Å²) in [7, 11) is 0. The molecular formula is C41H59N3O4. The number of unbranched alkanes of at least 4 members (excludes halogenated alkanes) is 10. The lowest BCUT2D eigenvalue weighted by atomic mass is 9.90. The molecule has 2 heterocycles. The normalized spacial score (nSPS) is 19.4. The molecule has 1 fully saturated rings. The molecule has 2 N–H and O–H groups in total. The molecule has 0 radical (unpaired) electrons. The monoisotopic (exact) mass is 657 g/mol. The highest BCUT2D eigenvalue weighted by molar-refractivity contribution is 6.04. The van der Waals surface area contributed by atoms with Gasteiger partial charge in [0.15, 0.2) is 6.29 Å². The van der Waals surface area contributed by atoms with Gasteiger partial charge in [-0.15, -0.1) is 0 Å². The molecule has 7 heteroatoms. The van der Waals surface area contributed by atoms with Crippen LogP contribution in [0.4, 0.5) is 5.69 Å². The van der Waals surface area contributed by atoms with Gasteiger partial charge in [0.05, 0.1) is 24.4 Å². The number of benzene rings is 2. The number of aromatic nitrogens is 1. The van der Waals surface area contributed by atoms with Gasteiger partial charge in [0.25, 0.3) is 5.91 Å². The SMILES string of the molecule is CCCCCCCCN(CCCCCCCC)C[C@H]1O[C@@H](c2ccc(NC(=O)c3cccnc3)cc2)O[C@@H](c2ccc(CO)cc2)[C@H]1C. The van der Waals surface area contributed by atoms with E-state index in [1.54, 1.807) is 24.5 Å². The molecule has 7 nitrogen and oxygen atoms in total. The molecule has 1 aromatic heterocycles. The van der Waals surface area contributed by atoms with E-state index in [1.165, 1.54) is 77.0 Å². The Morgan fingerprint density at radius 2 is 1.40 bits per heavy atom. The van der Waals surface area contributed by atoms with Gasteiger partial charge in [-0.3, -0.25) is 9.78 Å². The van der Waals surface area contributed by atoms with Crippen molar-refractivity contribution in [2.24, 2.45) is 5.92 Å². The van der Waals surface area contributed by atoms with Crippen molar-refractivity contribution in [3.05, 3.63) is 95.3 Å². The summed E-state index contributed by atoms with van der Waals surface area (Å²) >= 11 is 0. The van der Waals surface area contributed by atoms with Crippen LogP contribution in [0.15, 0.2) is 73.1 Å². The summed E-state index contributed by atoms with van der Waals surface area (Å²) in [6.07, 6.45) is 18.0. The first-order chi connectivity index (χ1) is 23.5. The lowest BCUT2D eigenvalue weighted by Crippen LogP contribution is -2.45. The van der Waals surface area contributed by atoms with Crippen LogP contribution in [0.2, 0.25) is 0 Å². The van der Waals surface area contributed by atoms with Gasteiger partial charge in [-0.2, -0.15) is 0 Å². The van der Waals surface area contributed by atoms with Crippen LogP contribution in [0.3, 0.4) is 0 Å². The molecule has 1 amide bonds. The number of nitrogens with one attached hydrogen (secondary N) is 1. The molecule has 3 aromatic rings. The zero-order chi connectivity index (χ0) is 34.0. The topological polar surface area (TPSA) is 83.9 Å². The number of carbonyl (C=O) groups is 1. The summed E-state index contributed by atoms with van der Waals surface area (Å²) in [4.78, 5) is 19.4. The fourth-order valence-corrected chi connectivity index (χ4v) is 6.53. The Bertz CT molecular complexity index is 1290. The zero-order valence-electron chi connectivity index (χ0n) is 29.6. The van der Waals surface area contributed by atoms with Crippen molar-refractivity contribution in [2.75, 3.05) is 25.0 Å². The minimum atomic E-state index is -0.540. The summed E-state index contributed by atoms with van der Waals surface area (Å²) in [5, 5.41) is 12.6. The number of anilines is 1. The molecule has 0 aliphatic carbocycles. The number of hydrogen-bond donors (Lipinski definition) is 2. The van der Waals surface area contributed by atoms with Gasteiger partial charge in [-0.1, -0.05) is 121 Å². The number of aliphatic hydroxyl groups excluding tert-OH is 1. The number of aliphatic hydroxyl groups is 1. The lowest BCUT2D eigenvalue weighted by molar-refractivity contribution is -0.276. The second-order valence-corrected chi connectivity index (χ2v) is 13.5. The van der Waals surface area contributed by atoms with E-state index < -0.39 is 6.29 Å². The van der Waals surface area contributed by atoms with Gasteiger partial charge >= 0.3 is 0 Å². The molecule has 1 aliphatic heterocycles. The summed E-state index contributed by atoms with van der Waals surface area (Å²) < 4.78 is 13.5. The third-order valence-electron chi connectivity index (χ3n) is 9.58. The Morgan fingerprint density at radius 3 is 1.98 bits per heavy atom. The van der Waals surface area contributed by atoms with E-state index in [4.69, 9.17) is 9.47 Å². The van der Waals surface area contributed by atoms with Gasteiger partial charge < -0.3 is 24.8 Å². The first-order valence-electron chi connectivity index (χ1n) is 18.6. The molecule has 0 bridgehead atoms. The standard InChI is InChI=1S/C41H59N3O4/c1-4-6-8-10-12-14-27-44(28-15-13-11-9-7-5-2)30-38-32(3)39(34-20-18-33(31-45)19-21-34)48-41(47-38)35-22-24-37(25-23-35)43-40(46)36-17-16-26-42-29-36/h16-26,29,32,38-39,41,45H,4-15,27-28,30-31H2,1-3H3,(H,43,46)/t32-,38+,39+,41+/m0/s1. The summed E-state index contributed by atoms with van der Waals surface area (Å²) in [5.74, 6) is -0.0620. The average Bonchev–Trinajstić information content (AvgIpc) is 3.12. The van der Waals surface area contributed by atoms with Crippen molar-refractivity contribution in [3.8, 4) is 0 Å². The van der Waals surface area contributed by atoms with Crippen molar-refractivity contribution in [3.63, 3.8) is 0 Å². The number of amides is 1. The highest BCUT2D eigenvalue weighted by Gasteiger charge is 2.39. The first-order valence-corrected chi connectivity index (χ1v) is 18.6. The van der Waals surface area contributed by atoms with Crippen LogP contribution in [-0.4, -0.2) is 46.6 Å². The van der Waals surface area contributed by atoms with Crippen molar-refractivity contribution in [1.82, 2.24) is 9.88 Å². The number of rotatable bonds is 21. The number of hydrogen-bond acceptors (Lipinski definition) is 6. The number of pyridine rings is 1. The predicted octanol–water partition coefficient (Wildman–Crippen LogP) is 9.64. The van der Waals surface area contributed by atoms with Crippen molar-refractivity contribution < 1.29 is 19.4 Å². The summed E-state index contributed by atoms with van der Waals surface area (Å²) in [6, 6.07) is 19.4. The van der Waals surface area contributed by atoms with Gasteiger partial charge in [0.2, 0.25) is 0 Å². The summed E-state index contributed by atoms with van der Waals surface area (Å²) in [5.41, 5.74) is 4.12. The summed E-state index contributed by atoms with van der Waals surface area (Å²) in [6.45, 7) is 9.88. The smallest absolute Gasteiger partial charge is 0.257 e. The quantitative estimate of drug-likeness (QED) is 0.111. The van der Waals surface area contributed by atoms with Crippen LogP contribution in [0, 0.1) is 5.92 Å². The maximum absolute atomic E-state index is 12.7. The molecule has 4 rings (SSSR count). The average molecular weight is 658 g/mol. The molecule has 0 saturated carbocycles. The third-order valence-corrected chi connectivity index (χ3v) is 9.58. The van der Waals surface area contributed by atoms with E-state index >= 15 is 0 Å². The molecule has 4 atom stereocenters. The maximum Gasteiger partial charge on any atom is 0.257 e. The molecule has 0 spiro atoms. The lowest BCUT2D eigenvalue weighted by Gasteiger charge is -2.43. The minimum Gasteiger partial charge on any atom is -0.392 e.